The summed E-state index contributed by atoms with van der Waals surface area (Å²) in [4.78, 5) is 15.0. The Kier molecular flexibility index (Phi) is 7.97. The van der Waals surface area contributed by atoms with Gasteiger partial charge in [-0.25, -0.2) is 8.42 Å². The van der Waals surface area contributed by atoms with Crippen molar-refractivity contribution in [1.82, 2.24) is 9.21 Å². The molecule has 3 aromatic rings. The van der Waals surface area contributed by atoms with Gasteiger partial charge in [-0.15, -0.1) is 0 Å². The van der Waals surface area contributed by atoms with E-state index in [4.69, 9.17) is 30.2 Å². The molecule has 0 atom stereocenters. The van der Waals surface area contributed by atoms with Gasteiger partial charge < -0.3 is 23.5 Å². The Balaban J connectivity index is 1.57. The van der Waals surface area contributed by atoms with Crippen molar-refractivity contribution < 1.29 is 31.8 Å². The molecule has 0 unspecified atom stereocenters. The van der Waals surface area contributed by atoms with E-state index in [2.05, 4.69) is 0 Å². The molecule has 1 amide bonds. The number of hydrogen-bond donors (Lipinski definition) is 0. The van der Waals surface area contributed by atoms with Crippen LogP contribution in [-0.2, 0) is 32.6 Å². The average molecular weight is 521 g/mol. The molecular weight excluding hydrogens is 496 g/mol. The molecule has 9 nitrogen and oxygen atoms in total. The normalized spacial score (nSPS) is 12.8. The molecule has 0 fully saturated rings. The Labute approximate surface area is 208 Å². The first-order chi connectivity index (χ1) is 16.9. The monoisotopic (exact) mass is 520 g/mol. The number of furan rings is 1. The van der Waals surface area contributed by atoms with Crippen LogP contribution in [-0.4, -0.2) is 57.1 Å². The summed E-state index contributed by atoms with van der Waals surface area (Å²) in [6.45, 7) is 0.283. The first kappa shape index (κ1) is 25.1. The zero-order chi connectivity index (χ0) is 24.8. The minimum Gasteiger partial charge on any atom is -0.467 e. The molecule has 0 saturated heterocycles. The summed E-state index contributed by atoms with van der Waals surface area (Å²) in [6, 6.07) is 14.7. The Hall–Kier alpha value is -3.05. The summed E-state index contributed by atoms with van der Waals surface area (Å²) >= 11 is 5.92. The van der Waals surface area contributed by atoms with Crippen molar-refractivity contribution in [2.75, 3.05) is 33.6 Å². The number of ether oxygens (including phenoxy) is 3. The number of nitrogens with zero attached hydrogens (tertiary/aromatic N) is 2. The number of methoxy groups -OCH3 is 1. The smallest absolute Gasteiger partial charge is 0.243 e. The van der Waals surface area contributed by atoms with Crippen molar-refractivity contribution in [3.63, 3.8) is 0 Å². The van der Waals surface area contributed by atoms with Gasteiger partial charge in [0, 0.05) is 25.2 Å². The number of fused-ring (bicyclic) bond motifs is 1. The molecule has 35 heavy (non-hydrogen) atoms. The van der Waals surface area contributed by atoms with E-state index in [9.17, 15) is 13.2 Å². The van der Waals surface area contributed by atoms with Gasteiger partial charge in [-0.3, -0.25) is 4.79 Å². The van der Waals surface area contributed by atoms with E-state index in [1.807, 2.05) is 6.07 Å². The summed E-state index contributed by atoms with van der Waals surface area (Å²) in [7, 11) is -2.50. The van der Waals surface area contributed by atoms with E-state index >= 15 is 0 Å². The van der Waals surface area contributed by atoms with Gasteiger partial charge in [0.1, 0.15) is 5.76 Å². The lowest BCUT2D eigenvalue weighted by atomic mass is 10.2. The second-order valence-electron chi connectivity index (χ2n) is 7.80. The van der Waals surface area contributed by atoms with Crippen molar-refractivity contribution in [3.05, 3.63) is 77.2 Å². The van der Waals surface area contributed by atoms with Crippen molar-refractivity contribution in [1.29, 1.82) is 0 Å². The first-order valence-electron chi connectivity index (χ1n) is 10.8. The maximum absolute atomic E-state index is 13.5. The van der Waals surface area contributed by atoms with Crippen LogP contribution in [0.5, 0.6) is 11.5 Å². The minimum absolute atomic E-state index is 0.00577. The Bertz CT molecular complexity index is 1250. The number of rotatable bonds is 11. The molecule has 2 heterocycles. The van der Waals surface area contributed by atoms with Gasteiger partial charge >= 0.3 is 0 Å². The molecule has 1 aromatic heterocycles. The van der Waals surface area contributed by atoms with Crippen LogP contribution in [0.4, 0.5) is 0 Å². The molecule has 0 aliphatic carbocycles. The van der Waals surface area contributed by atoms with E-state index < -0.39 is 15.9 Å². The molecule has 2 aromatic carbocycles. The molecule has 0 spiro atoms. The minimum atomic E-state index is -3.97. The Morgan fingerprint density at radius 1 is 1.06 bits per heavy atom. The van der Waals surface area contributed by atoms with Crippen LogP contribution in [0, 0.1) is 0 Å². The van der Waals surface area contributed by atoms with Gasteiger partial charge in [-0.2, -0.15) is 4.31 Å². The second kappa shape index (κ2) is 11.1. The lowest BCUT2D eigenvalue weighted by Crippen LogP contribution is -2.43. The molecule has 186 valence electrons. The Morgan fingerprint density at radius 3 is 2.54 bits per heavy atom. The number of amides is 1. The molecular formula is C24H25ClN2O7S. The van der Waals surface area contributed by atoms with Crippen molar-refractivity contribution >= 4 is 27.5 Å². The predicted octanol–water partition coefficient (Wildman–Crippen LogP) is 3.53. The van der Waals surface area contributed by atoms with E-state index in [0.717, 1.165) is 9.87 Å². The van der Waals surface area contributed by atoms with Gasteiger partial charge in [0.05, 0.1) is 30.9 Å². The zero-order valence-corrected chi connectivity index (χ0v) is 20.6. The number of sulfonamides is 1. The fourth-order valence-electron chi connectivity index (χ4n) is 3.57. The largest absolute Gasteiger partial charge is 0.467 e. The number of halogens is 1. The third-order valence-electron chi connectivity index (χ3n) is 5.40. The van der Waals surface area contributed by atoms with Crippen molar-refractivity contribution in [2.45, 2.75) is 18.0 Å². The van der Waals surface area contributed by atoms with Crippen LogP contribution in [0.3, 0.4) is 0 Å². The van der Waals surface area contributed by atoms with E-state index in [0.29, 0.717) is 22.3 Å². The number of carbonyl (C=O) groups is 1. The van der Waals surface area contributed by atoms with Crippen molar-refractivity contribution in [2.24, 2.45) is 0 Å². The highest BCUT2D eigenvalue weighted by molar-refractivity contribution is 7.89. The Morgan fingerprint density at radius 2 is 1.83 bits per heavy atom. The molecule has 0 radical (unpaired) electrons. The second-order valence-corrected chi connectivity index (χ2v) is 10.2. The number of benzene rings is 2. The summed E-state index contributed by atoms with van der Waals surface area (Å²) in [5.74, 6) is 1.41. The molecule has 1 aliphatic rings. The maximum Gasteiger partial charge on any atom is 0.243 e. The lowest BCUT2D eigenvalue weighted by Gasteiger charge is -2.27. The van der Waals surface area contributed by atoms with E-state index in [1.165, 1.54) is 42.5 Å². The third-order valence-corrected chi connectivity index (χ3v) is 7.51. The number of carbonyl (C=O) groups excluding carboxylic acids is 1. The van der Waals surface area contributed by atoms with Crippen LogP contribution in [0.2, 0.25) is 5.02 Å². The zero-order valence-electron chi connectivity index (χ0n) is 19.1. The quantitative estimate of drug-likeness (QED) is 0.381. The van der Waals surface area contributed by atoms with E-state index in [1.54, 1.807) is 24.3 Å². The highest BCUT2D eigenvalue weighted by atomic mass is 35.5. The first-order valence-corrected chi connectivity index (χ1v) is 12.6. The van der Waals surface area contributed by atoms with Crippen LogP contribution >= 0.6 is 11.6 Å². The van der Waals surface area contributed by atoms with Gasteiger partial charge in [0.15, 0.2) is 11.5 Å². The highest BCUT2D eigenvalue weighted by Gasteiger charge is 2.29. The summed E-state index contributed by atoms with van der Waals surface area (Å²) in [5, 5.41) is 0.414. The van der Waals surface area contributed by atoms with Crippen LogP contribution in [0.15, 0.2) is 70.2 Å². The molecule has 4 rings (SSSR count). The molecule has 0 saturated carbocycles. The number of hydrogen-bond acceptors (Lipinski definition) is 7. The van der Waals surface area contributed by atoms with E-state index in [-0.39, 0.29) is 44.5 Å². The average Bonchev–Trinajstić information content (AvgIpc) is 3.53. The van der Waals surface area contributed by atoms with Crippen LogP contribution in [0.25, 0.3) is 0 Å². The van der Waals surface area contributed by atoms with Crippen molar-refractivity contribution in [3.8, 4) is 11.5 Å². The third kappa shape index (κ3) is 6.15. The van der Waals surface area contributed by atoms with Gasteiger partial charge in [-0.05, 0) is 54.1 Å². The van der Waals surface area contributed by atoms with Gasteiger partial charge in [0.25, 0.3) is 0 Å². The standard InChI is InChI=1S/C24H25ClN2O7S/c1-31-12-10-27(35(29,30)21-7-5-19(25)6-8-21)16-24(28)26(15-20-3-2-11-32-20)14-18-4-9-22-23(13-18)34-17-33-22/h2-9,11,13H,10,12,14-17H2,1H3. The maximum atomic E-state index is 13.5. The summed E-state index contributed by atoms with van der Waals surface area (Å²) < 4.78 is 49.1. The van der Waals surface area contributed by atoms with Gasteiger partial charge in [-0.1, -0.05) is 17.7 Å². The molecule has 0 bridgehead atoms. The molecule has 0 N–H and O–H groups in total. The SMILES string of the molecule is COCCN(CC(=O)N(Cc1ccc2c(c1)OCO2)Cc1ccco1)S(=O)(=O)c1ccc(Cl)cc1. The van der Waals surface area contributed by atoms with Gasteiger partial charge in [0.2, 0.25) is 22.7 Å². The predicted molar refractivity (Wildman–Crippen MR) is 128 cm³/mol. The highest BCUT2D eigenvalue weighted by Crippen LogP contribution is 2.33. The fraction of sp³-hybridized carbons (Fsp3) is 0.292. The van der Waals surface area contributed by atoms with Crippen LogP contribution in [0.1, 0.15) is 11.3 Å². The fourth-order valence-corrected chi connectivity index (χ4v) is 5.07. The lowest BCUT2D eigenvalue weighted by molar-refractivity contribution is -0.133. The topological polar surface area (TPSA) is 98.5 Å². The van der Waals surface area contributed by atoms with Crippen LogP contribution < -0.4 is 9.47 Å². The molecule has 1 aliphatic heterocycles. The summed E-state index contributed by atoms with van der Waals surface area (Å²) in [6.07, 6.45) is 1.52. The summed E-state index contributed by atoms with van der Waals surface area (Å²) in [5.41, 5.74) is 0.804. The molecule has 11 heteroatoms.